The first-order valence-corrected chi connectivity index (χ1v) is 9.83. The molecule has 31 heavy (non-hydrogen) atoms. The van der Waals surface area contributed by atoms with Gasteiger partial charge in [0.2, 0.25) is 0 Å². The van der Waals surface area contributed by atoms with Gasteiger partial charge in [-0.15, -0.1) is 0 Å². The molecule has 1 saturated heterocycles. The third kappa shape index (κ3) is 4.42. The van der Waals surface area contributed by atoms with E-state index in [9.17, 15) is 9.59 Å². The van der Waals surface area contributed by atoms with Gasteiger partial charge in [-0.05, 0) is 42.3 Å². The maximum Gasteiger partial charge on any atom is 0.412 e. The maximum atomic E-state index is 11.4. The number of benzene rings is 2. The minimum atomic E-state index is -1.11. The summed E-state index contributed by atoms with van der Waals surface area (Å²) >= 11 is 0. The predicted octanol–water partition coefficient (Wildman–Crippen LogP) is 2.80. The molecule has 9 nitrogen and oxygen atoms in total. The lowest BCUT2D eigenvalue weighted by Gasteiger charge is -2.42. The Bertz CT molecular complexity index is 981. The minimum absolute atomic E-state index is 0.0264. The number of anilines is 1. The minimum Gasteiger partial charge on any atom is -0.507 e. The first kappa shape index (κ1) is 22.4. The summed E-state index contributed by atoms with van der Waals surface area (Å²) in [7, 11) is 5.54. The number of phenols is 1. The first-order chi connectivity index (χ1) is 14.7. The standard InChI is InChI=1S/C15H21N3O3.C7H6O3/c1-15-7-8-17(3)21-13(15)18(4)12-6-5-10(9-11(12)15)20-14(19)16-2;8-6-4-2-1-3-5(6)7(9)10/h5-6,9,13H,7-8H2,1-4H3,(H,16,19);1-4,8H,(H,9,10)/t13?,15-;/m0./s1. The number of likely N-dealkylation sites (N-methyl/N-ethyl adjacent to an activating group) is 1. The van der Waals surface area contributed by atoms with Crippen LogP contribution in [0.4, 0.5) is 10.5 Å². The van der Waals surface area contributed by atoms with Crippen molar-refractivity contribution in [3.05, 3.63) is 53.6 Å². The van der Waals surface area contributed by atoms with Gasteiger partial charge < -0.3 is 25.2 Å². The lowest BCUT2D eigenvalue weighted by atomic mass is 9.79. The van der Waals surface area contributed by atoms with Crippen LogP contribution in [0.5, 0.6) is 11.5 Å². The van der Waals surface area contributed by atoms with Crippen molar-refractivity contribution in [2.75, 3.05) is 32.6 Å². The van der Waals surface area contributed by atoms with Gasteiger partial charge in [0.15, 0.2) is 6.23 Å². The van der Waals surface area contributed by atoms with Crippen LogP contribution in [0.25, 0.3) is 0 Å². The quantitative estimate of drug-likeness (QED) is 0.668. The average molecular weight is 429 g/mol. The van der Waals surface area contributed by atoms with E-state index in [1.54, 1.807) is 19.2 Å². The van der Waals surface area contributed by atoms with Gasteiger partial charge in [-0.25, -0.2) is 9.59 Å². The van der Waals surface area contributed by atoms with E-state index in [0.29, 0.717) is 5.75 Å². The number of carbonyl (C=O) groups excluding carboxylic acids is 1. The zero-order valence-electron chi connectivity index (χ0n) is 18.0. The van der Waals surface area contributed by atoms with Crippen molar-refractivity contribution >= 4 is 17.7 Å². The number of nitrogens with zero attached hydrogens (tertiary/aromatic N) is 2. The Hall–Kier alpha value is -3.30. The molecular formula is C22H27N3O6. The van der Waals surface area contributed by atoms with E-state index in [2.05, 4.69) is 17.1 Å². The van der Waals surface area contributed by atoms with Crippen molar-refractivity contribution in [1.82, 2.24) is 10.4 Å². The molecule has 0 bridgehead atoms. The molecule has 2 aromatic rings. The van der Waals surface area contributed by atoms with Crippen molar-refractivity contribution in [2.45, 2.75) is 25.0 Å². The van der Waals surface area contributed by atoms with E-state index >= 15 is 0 Å². The monoisotopic (exact) mass is 429 g/mol. The number of nitrogens with one attached hydrogen (secondary N) is 1. The second kappa shape index (κ2) is 8.83. The van der Waals surface area contributed by atoms with Crippen molar-refractivity contribution in [2.24, 2.45) is 0 Å². The highest BCUT2D eigenvalue weighted by atomic mass is 16.7. The Morgan fingerprint density at radius 2 is 1.94 bits per heavy atom. The average Bonchev–Trinajstić information content (AvgIpc) is 2.96. The highest BCUT2D eigenvalue weighted by molar-refractivity contribution is 5.90. The van der Waals surface area contributed by atoms with Crippen LogP contribution in [-0.2, 0) is 10.3 Å². The summed E-state index contributed by atoms with van der Waals surface area (Å²) in [6, 6.07) is 11.6. The van der Waals surface area contributed by atoms with Crippen LogP contribution in [0.15, 0.2) is 42.5 Å². The molecule has 2 aromatic carbocycles. The lowest BCUT2D eigenvalue weighted by Crippen LogP contribution is -2.52. The largest absolute Gasteiger partial charge is 0.507 e. The van der Waals surface area contributed by atoms with Crippen LogP contribution in [0.1, 0.15) is 29.3 Å². The van der Waals surface area contributed by atoms with E-state index in [4.69, 9.17) is 19.8 Å². The molecule has 0 spiro atoms. The van der Waals surface area contributed by atoms with Gasteiger partial charge in [-0.3, -0.25) is 4.84 Å². The van der Waals surface area contributed by atoms with Gasteiger partial charge in [0.1, 0.15) is 17.1 Å². The van der Waals surface area contributed by atoms with Crippen LogP contribution in [-0.4, -0.2) is 61.3 Å². The summed E-state index contributed by atoms with van der Waals surface area (Å²) in [6.45, 7) is 3.08. The SMILES string of the molecule is CNC(=O)Oc1ccc2c(c1)[C@]1(C)CCN(C)OC1N2C.O=C(O)c1ccccc1O. The fourth-order valence-electron chi connectivity index (χ4n) is 3.90. The normalized spacial score (nSPS) is 21.9. The number of carbonyl (C=O) groups is 2. The van der Waals surface area contributed by atoms with E-state index in [0.717, 1.165) is 18.7 Å². The number of aromatic hydroxyl groups is 1. The molecule has 0 aromatic heterocycles. The third-order valence-corrected chi connectivity index (χ3v) is 5.64. The van der Waals surface area contributed by atoms with Gasteiger partial charge in [0.25, 0.3) is 0 Å². The number of carboxylic acid groups (broad SMARTS) is 1. The Morgan fingerprint density at radius 3 is 2.55 bits per heavy atom. The summed E-state index contributed by atoms with van der Waals surface area (Å²) < 4.78 is 5.25. The van der Waals surface area contributed by atoms with Gasteiger partial charge in [0.05, 0.1) is 0 Å². The first-order valence-electron chi connectivity index (χ1n) is 9.83. The third-order valence-electron chi connectivity index (χ3n) is 5.64. The smallest absolute Gasteiger partial charge is 0.412 e. The van der Waals surface area contributed by atoms with E-state index in [-0.39, 0.29) is 23.0 Å². The maximum absolute atomic E-state index is 11.4. The van der Waals surface area contributed by atoms with Crippen LogP contribution < -0.4 is 15.0 Å². The van der Waals surface area contributed by atoms with E-state index in [1.807, 2.05) is 37.4 Å². The molecule has 2 aliphatic rings. The summed E-state index contributed by atoms with van der Waals surface area (Å²) in [5, 5.41) is 21.7. The Morgan fingerprint density at radius 1 is 1.23 bits per heavy atom. The number of rotatable bonds is 2. The van der Waals surface area contributed by atoms with Gasteiger partial charge in [0, 0.05) is 38.8 Å². The summed E-state index contributed by atoms with van der Waals surface area (Å²) in [6.07, 6.45) is 0.513. The highest BCUT2D eigenvalue weighted by Crippen LogP contribution is 2.50. The Balaban J connectivity index is 0.000000229. The summed E-state index contributed by atoms with van der Waals surface area (Å²) in [5.74, 6) is -0.754. The zero-order valence-corrected chi connectivity index (χ0v) is 18.0. The van der Waals surface area contributed by atoms with Crippen LogP contribution in [0.3, 0.4) is 0 Å². The molecule has 3 N–H and O–H groups in total. The fraction of sp³-hybridized carbons (Fsp3) is 0.364. The molecular weight excluding hydrogens is 402 g/mol. The molecule has 2 heterocycles. The van der Waals surface area contributed by atoms with Crippen molar-refractivity contribution in [3.8, 4) is 11.5 Å². The molecule has 2 aliphatic heterocycles. The van der Waals surface area contributed by atoms with Crippen molar-refractivity contribution < 1.29 is 29.4 Å². The number of ether oxygens (including phenoxy) is 1. The number of hydrogen-bond acceptors (Lipinski definition) is 7. The molecule has 9 heteroatoms. The van der Waals surface area contributed by atoms with E-state index < -0.39 is 12.1 Å². The number of hydrogen-bond donors (Lipinski definition) is 3. The van der Waals surface area contributed by atoms with Crippen molar-refractivity contribution in [3.63, 3.8) is 0 Å². The molecule has 0 saturated carbocycles. The number of para-hydroxylation sites is 1. The molecule has 1 fully saturated rings. The fourth-order valence-corrected chi connectivity index (χ4v) is 3.90. The number of carboxylic acids is 1. The molecule has 1 amide bonds. The second-order valence-corrected chi connectivity index (χ2v) is 7.73. The van der Waals surface area contributed by atoms with Crippen LogP contribution in [0, 0.1) is 0 Å². The number of hydroxylamine groups is 2. The van der Waals surface area contributed by atoms with Crippen molar-refractivity contribution in [1.29, 1.82) is 0 Å². The predicted molar refractivity (Wildman–Crippen MR) is 114 cm³/mol. The van der Waals surface area contributed by atoms with Crippen LogP contribution >= 0.6 is 0 Å². The second-order valence-electron chi connectivity index (χ2n) is 7.73. The van der Waals surface area contributed by atoms with E-state index in [1.165, 1.54) is 17.7 Å². The number of aromatic carboxylic acids is 1. The zero-order chi connectivity index (χ0) is 22.8. The van der Waals surface area contributed by atoms with Gasteiger partial charge in [-0.1, -0.05) is 19.1 Å². The molecule has 2 atom stereocenters. The van der Waals surface area contributed by atoms with Crippen LogP contribution in [0.2, 0.25) is 0 Å². The van der Waals surface area contributed by atoms with Gasteiger partial charge in [-0.2, -0.15) is 5.06 Å². The highest BCUT2D eigenvalue weighted by Gasteiger charge is 2.50. The molecule has 1 unspecified atom stereocenters. The lowest BCUT2D eigenvalue weighted by molar-refractivity contribution is -0.226. The molecule has 4 rings (SSSR count). The Kier molecular flexibility index (Phi) is 6.37. The topological polar surface area (TPSA) is 112 Å². The molecule has 0 aliphatic carbocycles. The number of fused-ring (bicyclic) bond motifs is 3. The molecule has 0 radical (unpaired) electrons. The number of amides is 1. The van der Waals surface area contributed by atoms with Gasteiger partial charge >= 0.3 is 12.1 Å². The Labute approximate surface area is 180 Å². The summed E-state index contributed by atoms with van der Waals surface area (Å²) in [4.78, 5) is 29.8. The molecule has 166 valence electrons. The summed E-state index contributed by atoms with van der Waals surface area (Å²) in [5.41, 5.74) is 2.13.